The van der Waals surface area contributed by atoms with E-state index in [4.69, 9.17) is 0 Å². The molecule has 0 radical (unpaired) electrons. The van der Waals surface area contributed by atoms with Gasteiger partial charge in [0, 0.05) is 18.7 Å². The maximum absolute atomic E-state index is 12.6. The predicted molar refractivity (Wildman–Crippen MR) is 88.2 cm³/mol. The minimum Gasteiger partial charge on any atom is -0.390 e. The van der Waals surface area contributed by atoms with Crippen LogP contribution < -0.4 is 5.32 Å². The van der Waals surface area contributed by atoms with E-state index in [0.29, 0.717) is 12.0 Å². The molecule has 0 bridgehead atoms. The topological polar surface area (TPSA) is 67.2 Å². The molecule has 1 aromatic carbocycles. The van der Waals surface area contributed by atoms with E-state index in [1.54, 1.807) is 6.20 Å². The monoisotopic (exact) mass is 313 g/mol. The average Bonchev–Trinajstić information content (AvgIpc) is 3.06. The fourth-order valence-electron chi connectivity index (χ4n) is 3.17. The highest BCUT2D eigenvalue weighted by Crippen LogP contribution is 2.31. The lowest BCUT2D eigenvalue weighted by Gasteiger charge is -2.17. The summed E-state index contributed by atoms with van der Waals surface area (Å²) < 4.78 is 1.87. The second-order valence-electron chi connectivity index (χ2n) is 6.14. The summed E-state index contributed by atoms with van der Waals surface area (Å²) in [6.45, 7) is 4.87. The Labute approximate surface area is 136 Å². The summed E-state index contributed by atoms with van der Waals surface area (Å²) in [5.74, 6) is -0.175. The number of hydrogen-bond acceptors (Lipinski definition) is 3. The van der Waals surface area contributed by atoms with Crippen LogP contribution in [0.1, 0.15) is 53.0 Å². The smallest absolute Gasteiger partial charge is 0.255 e. The van der Waals surface area contributed by atoms with Crippen molar-refractivity contribution in [2.24, 2.45) is 0 Å². The first-order valence-corrected chi connectivity index (χ1v) is 8.21. The number of nitrogens with zero attached hydrogens (tertiary/aromatic N) is 2. The van der Waals surface area contributed by atoms with E-state index >= 15 is 0 Å². The predicted octanol–water partition coefficient (Wildman–Crippen LogP) is 2.38. The number of aliphatic hydroxyl groups is 1. The van der Waals surface area contributed by atoms with E-state index in [0.717, 1.165) is 36.2 Å². The zero-order valence-corrected chi connectivity index (χ0v) is 13.6. The molecule has 0 aliphatic heterocycles. The van der Waals surface area contributed by atoms with Crippen molar-refractivity contribution in [2.75, 3.05) is 0 Å². The van der Waals surface area contributed by atoms with Gasteiger partial charge in [0.25, 0.3) is 5.91 Å². The normalized spacial score (nSPS) is 19.6. The van der Waals surface area contributed by atoms with E-state index in [-0.39, 0.29) is 11.9 Å². The molecule has 1 aromatic heterocycles. The van der Waals surface area contributed by atoms with Crippen LogP contribution in [-0.4, -0.2) is 26.9 Å². The molecule has 1 aliphatic rings. The summed E-state index contributed by atoms with van der Waals surface area (Å²) in [6, 6.07) is 7.51. The number of nitrogens with one attached hydrogen (secondary N) is 1. The number of carbonyl (C=O) groups is 1. The standard InChI is InChI=1S/C18H23N3O2/c1-3-4-9-21-12(2)15(11-19-21)18(23)20-17-14-8-6-5-7-13(14)10-16(17)22/h5-8,11,16-17,22H,3-4,9-10H2,1-2H3,(H,20,23). The minimum atomic E-state index is -0.577. The van der Waals surface area contributed by atoms with Crippen LogP contribution in [0.15, 0.2) is 30.5 Å². The van der Waals surface area contributed by atoms with Crippen LogP contribution >= 0.6 is 0 Å². The van der Waals surface area contributed by atoms with Crippen LogP contribution in [0.25, 0.3) is 0 Å². The summed E-state index contributed by atoms with van der Waals surface area (Å²) in [4.78, 5) is 12.6. The number of unbranched alkanes of at least 4 members (excludes halogenated alkanes) is 1. The van der Waals surface area contributed by atoms with Crippen LogP contribution in [0.5, 0.6) is 0 Å². The van der Waals surface area contributed by atoms with Crippen molar-refractivity contribution in [3.63, 3.8) is 0 Å². The van der Waals surface area contributed by atoms with Gasteiger partial charge in [-0.25, -0.2) is 0 Å². The van der Waals surface area contributed by atoms with Crippen molar-refractivity contribution in [1.29, 1.82) is 0 Å². The van der Waals surface area contributed by atoms with Crippen molar-refractivity contribution in [3.8, 4) is 0 Å². The Morgan fingerprint density at radius 2 is 2.22 bits per heavy atom. The Kier molecular flexibility index (Phi) is 4.48. The van der Waals surface area contributed by atoms with E-state index in [1.165, 1.54) is 0 Å². The van der Waals surface area contributed by atoms with Crippen LogP contribution in [-0.2, 0) is 13.0 Å². The Hall–Kier alpha value is -2.14. The van der Waals surface area contributed by atoms with Gasteiger partial charge in [0.05, 0.1) is 23.9 Å². The van der Waals surface area contributed by atoms with E-state index in [9.17, 15) is 9.90 Å². The second kappa shape index (κ2) is 6.54. The molecular formula is C18H23N3O2. The number of aromatic nitrogens is 2. The average molecular weight is 313 g/mol. The molecular weight excluding hydrogens is 290 g/mol. The lowest BCUT2D eigenvalue weighted by Crippen LogP contribution is -2.34. The molecule has 0 saturated carbocycles. The van der Waals surface area contributed by atoms with Crippen molar-refractivity contribution >= 4 is 5.91 Å². The Morgan fingerprint density at radius 1 is 1.43 bits per heavy atom. The molecule has 122 valence electrons. The van der Waals surface area contributed by atoms with Crippen LogP contribution in [0.4, 0.5) is 0 Å². The summed E-state index contributed by atoms with van der Waals surface area (Å²) in [6.07, 6.45) is 3.75. The quantitative estimate of drug-likeness (QED) is 0.890. The lowest BCUT2D eigenvalue weighted by atomic mass is 10.1. The van der Waals surface area contributed by atoms with Gasteiger partial charge in [0.1, 0.15) is 0 Å². The molecule has 1 aliphatic carbocycles. The van der Waals surface area contributed by atoms with Gasteiger partial charge in [-0.05, 0) is 24.5 Å². The third-order valence-corrected chi connectivity index (χ3v) is 4.56. The second-order valence-corrected chi connectivity index (χ2v) is 6.14. The fourth-order valence-corrected chi connectivity index (χ4v) is 3.17. The fraction of sp³-hybridized carbons (Fsp3) is 0.444. The van der Waals surface area contributed by atoms with Gasteiger partial charge in [0.15, 0.2) is 0 Å². The maximum atomic E-state index is 12.6. The Balaban J connectivity index is 1.76. The molecule has 2 atom stereocenters. The third kappa shape index (κ3) is 3.01. The Bertz CT molecular complexity index is 708. The summed E-state index contributed by atoms with van der Waals surface area (Å²) in [5.41, 5.74) is 3.56. The zero-order valence-electron chi connectivity index (χ0n) is 13.6. The molecule has 5 heteroatoms. The number of fused-ring (bicyclic) bond motifs is 1. The molecule has 0 fully saturated rings. The van der Waals surface area contributed by atoms with Crippen LogP contribution in [0.3, 0.4) is 0 Å². The van der Waals surface area contributed by atoms with Crippen molar-refractivity contribution in [1.82, 2.24) is 15.1 Å². The van der Waals surface area contributed by atoms with Gasteiger partial charge in [-0.1, -0.05) is 37.6 Å². The minimum absolute atomic E-state index is 0.175. The first-order chi connectivity index (χ1) is 11.1. The van der Waals surface area contributed by atoms with Gasteiger partial charge in [-0.3, -0.25) is 9.48 Å². The molecule has 0 spiro atoms. The number of benzene rings is 1. The number of hydrogen-bond donors (Lipinski definition) is 2. The van der Waals surface area contributed by atoms with Crippen LogP contribution in [0.2, 0.25) is 0 Å². The van der Waals surface area contributed by atoms with Crippen molar-refractivity contribution in [2.45, 2.75) is 51.8 Å². The van der Waals surface area contributed by atoms with Crippen molar-refractivity contribution in [3.05, 3.63) is 52.8 Å². The molecule has 1 amide bonds. The van der Waals surface area contributed by atoms with Gasteiger partial charge in [-0.2, -0.15) is 5.10 Å². The van der Waals surface area contributed by atoms with Gasteiger partial charge < -0.3 is 10.4 Å². The summed E-state index contributed by atoms with van der Waals surface area (Å²) >= 11 is 0. The lowest BCUT2D eigenvalue weighted by molar-refractivity contribution is 0.0857. The number of carbonyl (C=O) groups excluding carboxylic acids is 1. The third-order valence-electron chi connectivity index (χ3n) is 4.56. The molecule has 0 saturated heterocycles. The zero-order chi connectivity index (χ0) is 16.4. The Morgan fingerprint density at radius 3 is 3.00 bits per heavy atom. The molecule has 23 heavy (non-hydrogen) atoms. The van der Waals surface area contributed by atoms with E-state index in [2.05, 4.69) is 17.3 Å². The number of amides is 1. The molecule has 3 rings (SSSR count). The van der Waals surface area contributed by atoms with Gasteiger partial charge >= 0.3 is 0 Å². The first kappa shape index (κ1) is 15.7. The summed E-state index contributed by atoms with van der Waals surface area (Å²) in [7, 11) is 0. The molecule has 2 N–H and O–H groups in total. The maximum Gasteiger partial charge on any atom is 0.255 e. The number of aliphatic hydroxyl groups excluding tert-OH is 1. The largest absolute Gasteiger partial charge is 0.390 e. The molecule has 1 heterocycles. The highest BCUT2D eigenvalue weighted by molar-refractivity contribution is 5.95. The summed E-state index contributed by atoms with van der Waals surface area (Å²) in [5, 5.41) is 17.5. The van der Waals surface area contributed by atoms with Gasteiger partial charge in [0.2, 0.25) is 0 Å². The van der Waals surface area contributed by atoms with E-state index < -0.39 is 6.10 Å². The SMILES string of the molecule is CCCCn1ncc(C(=O)NC2c3ccccc3CC2O)c1C. The molecule has 5 nitrogen and oxygen atoms in total. The highest BCUT2D eigenvalue weighted by Gasteiger charge is 2.32. The number of rotatable bonds is 5. The number of aryl methyl sites for hydroxylation is 1. The molecule has 2 aromatic rings. The highest BCUT2D eigenvalue weighted by atomic mass is 16.3. The van der Waals surface area contributed by atoms with Gasteiger partial charge in [-0.15, -0.1) is 0 Å². The van der Waals surface area contributed by atoms with E-state index in [1.807, 2.05) is 35.9 Å². The first-order valence-electron chi connectivity index (χ1n) is 8.21. The van der Waals surface area contributed by atoms with Crippen LogP contribution in [0, 0.1) is 6.92 Å². The molecule has 2 unspecified atom stereocenters. The van der Waals surface area contributed by atoms with Crippen molar-refractivity contribution < 1.29 is 9.90 Å².